The molecule has 1 aromatic heterocycles. The number of pyridine rings is 1. The molecule has 96 valence electrons. The molecule has 0 bridgehead atoms. The Bertz CT molecular complexity index is 490. The molecule has 7 nitrogen and oxygen atoms in total. The molecule has 2 atom stereocenters. The smallest absolute Gasteiger partial charge is 0.326 e. The van der Waals surface area contributed by atoms with Crippen molar-refractivity contribution in [2.45, 2.75) is 18.6 Å². The Morgan fingerprint density at radius 2 is 2.11 bits per heavy atom. The first-order valence-corrected chi connectivity index (χ1v) is 5.35. The molecule has 0 saturated carbocycles. The van der Waals surface area contributed by atoms with E-state index in [-0.39, 0.29) is 24.3 Å². The molecule has 1 fully saturated rings. The van der Waals surface area contributed by atoms with Crippen molar-refractivity contribution in [1.29, 1.82) is 0 Å². The number of carbonyl (C=O) groups is 2. The Balaban J connectivity index is 2.25. The van der Waals surface area contributed by atoms with Crippen LogP contribution in [0.25, 0.3) is 0 Å². The number of β-amino-alcohol motifs (C(OH)–C–C–N with tert-alkyl or cyclic N) is 1. The predicted octanol–water partition coefficient (Wildman–Crippen LogP) is -0.553. The lowest BCUT2D eigenvalue weighted by Gasteiger charge is -2.20. The van der Waals surface area contributed by atoms with Crippen LogP contribution in [-0.2, 0) is 4.79 Å². The van der Waals surface area contributed by atoms with E-state index in [1.807, 2.05) is 0 Å². The number of aromatic hydroxyl groups is 1. The number of likely N-dealkylation sites (tertiary alicyclic amines) is 1. The van der Waals surface area contributed by atoms with E-state index in [1.165, 1.54) is 18.5 Å². The van der Waals surface area contributed by atoms with Gasteiger partial charge in [0.2, 0.25) is 0 Å². The number of carboxylic acid groups (broad SMARTS) is 1. The van der Waals surface area contributed by atoms with Crippen LogP contribution in [0.5, 0.6) is 5.75 Å². The largest absolute Gasteiger partial charge is 0.506 e. The third-order valence-electron chi connectivity index (χ3n) is 2.80. The lowest BCUT2D eigenvalue weighted by molar-refractivity contribution is -0.141. The van der Waals surface area contributed by atoms with E-state index in [4.69, 9.17) is 5.11 Å². The lowest BCUT2D eigenvalue weighted by Crippen LogP contribution is -2.40. The molecule has 1 aliphatic heterocycles. The fraction of sp³-hybridized carbons (Fsp3) is 0.364. The van der Waals surface area contributed by atoms with Gasteiger partial charge in [0.1, 0.15) is 11.8 Å². The highest BCUT2D eigenvalue weighted by Crippen LogP contribution is 2.21. The molecule has 2 unspecified atom stereocenters. The summed E-state index contributed by atoms with van der Waals surface area (Å²) in [4.78, 5) is 27.8. The average Bonchev–Trinajstić information content (AvgIpc) is 2.70. The van der Waals surface area contributed by atoms with Crippen molar-refractivity contribution < 1.29 is 24.9 Å². The first-order valence-electron chi connectivity index (χ1n) is 5.35. The number of carboxylic acids is 1. The first kappa shape index (κ1) is 12.3. The summed E-state index contributed by atoms with van der Waals surface area (Å²) in [5.41, 5.74) is 0.0929. The molecule has 0 aliphatic carbocycles. The summed E-state index contributed by atoms with van der Waals surface area (Å²) in [5.74, 6) is -1.90. The molecular formula is C11H12N2O5. The molecule has 1 amide bonds. The number of aromatic nitrogens is 1. The zero-order valence-corrected chi connectivity index (χ0v) is 9.35. The number of aliphatic carboxylic acids is 1. The molecule has 0 aromatic carbocycles. The molecule has 2 rings (SSSR count). The number of hydrogen-bond donors (Lipinski definition) is 3. The molecule has 3 N–H and O–H groups in total. The average molecular weight is 252 g/mol. The number of hydrogen-bond acceptors (Lipinski definition) is 5. The van der Waals surface area contributed by atoms with Gasteiger partial charge < -0.3 is 20.2 Å². The minimum absolute atomic E-state index is 0.00726. The Labute approximate surface area is 102 Å². The van der Waals surface area contributed by atoms with Gasteiger partial charge in [0.15, 0.2) is 0 Å². The number of amides is 1. The van der Waals surface area contributed by atoms with Crippen molar-refractivity contribution >= 4 is 11.9 Å². The zero-order valence-electron chi connectivity index (χ0n) is 9.35. The van der Waals surface area contributed by atoms with Gasteiger partial charge in [0.25, 0.3) is 5.91 Å². The Morgan fingerprint density at radius 1 is 1.39 bits per heavy atom. The Kier molecular flexibility index (Phi) is 3.15. The third-order valence-corrected chi connectivity index (χ3v) is 2.80. The maximum Gasteiger partial charge on any atom is 0.326 e. The van der Waals surface area contributed by atoms with Gasteiger partial charge in [0, 0.05) is 19.2 Å². The van der Waals surface area contributed by atoms with Crippen molar-refractivity contribution in [3.63, 3.8) is 0 Å². The summed E-state index contributed by atoms with van der Waals surface area (Å²) in [6.07, 6.45) is 1.57. The van der Waals surface area contributed by atoms with Gasteiger partial charge >= 0.3 is 5.97 Å². The van der Waals surface area contributed by atoms with E-state index < -0.39 is 24.0 Å². The minimum atomic E-state index is -1.16. The van der Waals surface area contributed by atoms with Crippen LogP contribution in [0.3, 0.4) is 0 Å². The van der Waals surface area contributed by atoms with Crippen molar-refractivity contribution in [3.8, 4) is 5.75 Å². The highest BCUT2D eigenvalue weighted by Gasteiger charge is 2.39. The Morgan fingerprint density at radius 3 is 2.72 bits per heavy atom. The topological polar surface area (TPSA) is 111 Å². The molecular weight excluding hydrogens is 240 g/mol. The number of rotatable bonds is 2. The number of aliphatic hydroxyl groups is 1. The zero-order chi connectivity index (χ0) is 13.3. The van der Waals surface area contributed by atoms with E-state index in [0.717, 1.165) is 4.90 Å². The second kappa shape index (κ2) is 4.61. The van der Waals surface area contributed by atoms with Gasteiger partial charge in [-0.15, -0.1) is 0 Å². The van der Waals surface area contributed by atoms with Gasteiger partial charge in [0.05, 0.1) is 17.9 Å². The summed E-state index contributed by atoms with van der Waals surface area (Å²) in [5, 5.41) is 27.7. The molecule has 1 saturated heterocycles. The van der Waals surface area contributed by atoms with Crippen LogP contribution in [0.2, 0.25) is 0 Å². The van der Waals surface area contributed by atoms with Gasteiger partial charge in [-0.05, 0) is 6.07 Å². The number of carbonyl (C=O) groups excluding carboxylic acids is 1. The van der Waals surface area contributed by atoms with Crippen molar-refractivity contribution in [1.82, 2.24) is 9.88 Å². The van der Waals surface area contributed by atoms with E-state index >= 15 is 0 Å². The molecule has 0 radical (unpaired) electrons. The van der Waals surface area contributed by atoms with E-state index in [9.17, 15) is 19.8 Å². The fourth-order valence-corrected chi connectivity index (χ4v) is 1.98. The summed E-state index contributed by atoms with van der Waals surface area (Å²) in [6.45, 7) is -0.0363. The SMILES string of the molecule is O=C(O)C1CC(O)CN1C(=O)c1cncc(O)c1. The monoisotopic (exact) mass is 252 g/mol. The third kappa shape index (κ3) is 2.25. The molecule has 1 aromatic rings. The van der Waals surface area contributed by atoms with Crippen LogP contribution in [0, 0.1) is 0 Å². The first-order chi connectivity index (χ1) is 8.49. The second-order valence-corrected chi connectivity index (χ2v) is 4.13. The van der Waals surface area contributed by atoms with E-state index in [0.29, 0.717) is 0 Å². The summed E-state index contributed by atoms with van der Waals surface area (Å²) < 4.78 is 0. The van der Waals surface area contributed by atoms with Crippen LogP contribution in [0.1, 0.15) is 16.8 Å². The molecule has 0 spiro atoms. The van der Waals surface area contributed by atoms with Crippen molar-refractivity contribution in [3.05, 3.63) is 24.0 Å². The second-order valence-electron chi connectivity index (χ2n) is 4.13. The highest BCUT2D eigenvalue weighted by molar-refractivity contribution is 5.97. The number of aliphatic hydroxyl groups excluding tert-OH is 1. The summed E-state index contributed by atoms with van der Waals surface area (Å²) in [6, 6.07) is 0.161. The summed E-state index contributed by atoms with van der Waals surface area (Å²) in [7, 11) is 0. The molecule has 1 aliphatic rings. The van der Waals surface area contributed by atoms with E-state index in [2.05, 4.69) is 4.98 Å². The van der Waals surface area contributed by atoms with Crippen molar-refractivity contribution in [2.75, 3.05) is 6.54 Å². The van der Waals surface area contributed by atoms with Gasteiger partial charge in [-0.1, -0.05) is 0 Å². The quantitative estimate of drug-likeness (QED) is 0.651. The maximum atomic E-state index is 12.1. The summed E-state index contributed by atoms with van der Waals surface area (Å²) >= 11 is 0. The molecule has 2 heterocycles. The van der Waals surface area contributed by atoms with Crippen LogP contribution >= 0.6 is 0 Å². The van der Waals surface area contributed by atoms with E-state index in [1.54, 1.807) is 0 Å². The normalized spacial score (nSPS) is 23.1. The van der Waals surface area contributed by atoms with Gasteiger partial charge in [-0.3, -0.25) is 9.78 Å². The molecule has 7 heteroatoms. The van der Waals surface area contributed by atoms with Gasteiger partial charge in [-0.25, -0.2) is 4.79 Å². The standard InChI is InChI=1S/C11H12N2O5/c14-7-1-6(3-12-4-7)10(16)13-5-8(15)2-9(13)11(17)18/h1,3-4,8-9,14-15H,2,5H2,(H,17,18). The van der Waals surface area contributed by atoms with Gasteiger partial charge in [-0.2, -0.15) is 0 Å². The minimum Gasteiger partial charge on any atom is -0.506 e. The van der Waals surface area contributed by atoms with Crippen molar-refractivity contribution in [2.24, 2.45) is 0 Å². The van der Waals surface area contributed by atoms with Crippen LogP contribution in [-0.4, -0.2) is 55.8 Å². The van der Waals surface area contributed by atoms with Crippen LogP contribution in [0.15, 0.2) is 18.5 Å². The Hall–Kier alpha value is -2.15. The van der Waals surface area contributed by atoms with Crippen LogP contribution in [0.4, 0.5) is 0 Å². The fourth-order valence-electron chi connectivity index (χ4n) is 1.98. The molecule has 18 heavy (non-hydrogen) atoms. The highest BCUT2D eigenvalue weighted by atomic mass is 16.4. The maximum absolute atomic E-state index is 12.1. The lowest BCUT2D eigenvalue weighted by atomic mass is 10.2. The predicted molar refractivity (Wildman–Crippen MR) is 59.0 cm³/mol. The van der Waals surface area contributed by atoms with Crippen LogP contribution < -0.4 is 0 Å². The number of nitrogens with zero attached hydrogens (tertiary/aromatic N) is 2.